The second kappa shape index (κ2) is 6.82. The molecule has 2 nitrogen and oxygen atoms in total. The minimum Gasteiger partial charge on any atom is -0.309 e. The van der Waals surface area contributed by atoms with Gasteiger partial charge in [0.2, 0.25) is 0 Å². The van der Waals surface area contributed by atoms with Crippen molar-refractivity contribution in [2.24, 2.45) is 0 Å². The van der Waals surface area contributed by atoms with Crippen LogP contribution in [0, 0.1) is 5.82 Å². The largest absolute Gasteiger partial charge is 0.309 e. The minimum absolute atomic E-state index is 0.207. The smallest absolute Gasteiger partial charge is 0.137 e. The van der Waals surface area contributed by atoms with Gasteiger partial charge in [-0.05, 0) is 59.9 Å². The molecule has 2 rings (SSSR count). The summed E-state index contributed by atoms with van der Waals surface area (Å²) in [6, 6.07) is 6.28. The minimum atomic E-state index is -0.207. The zero-order valence-corrected chi connectivity index (χ0v) is 13.2. The van der Waals surface area contributed by atoms with Gasteiger partial charge in [-0.25, -0.2) is 4.39 Å². The highest BCUT2D eigenvalue weighted by atomic mass is 79.9. The zero-order valence-electron chi connectivity index (χ0n) is 11.6. The first-order chi connectivity index (χ1) is 9.11. The fourth-order valence-corrected chi connectivity index (χ4v) is 2.76. The summed E-state index contributed by atoms with van der Waals surface area (Å²) < 4.78 is 13.7. The lowest BCUT2D eigenvalue weighted by atomic mass is 10.1. The Bertz CT molecular complexity index is 421. The van der Waals surface area contributed by atoms with E-state index in [0.717, 1.165) is 31.2 Å². The van der Waals surface area contributed by atoms with Crippen LogP contribution in [0.3, 0.4) is 0 Å². The summed E-state index contributed by atoms with van der Waals surface area (Å²) in [5.41, 5.74) is 1.11. The number of hydrogen-bond acceptors (Lipinski definition) is 2. The zero-order chi connectivity index (χ0) is 13.8. The highest BCUT2D eigenvalue weighted by Crippen LogP contribution is 2.26. The van der Waals surface area contributed by atoms with E-state index in [4.69, 9.17) is 0 Å². The molecule has 1 aromatic rings. The Kier molecular flexibility index (Phi) is 5.37. The molecule has 0 saturated heterocycles. The Morgan fingerprint density at radius 2 is 2.21 bits per heavy atom. The molecule has 0 radical (unpaired) electrons. The lowest BCUT2D eigenvalue weighted by Crippen LogP contribution is -2.34. The van der Waals surface area contributed by atoms with Crippen LogP contribution in [-0.4, -0.2) is 30.6 Å². The van der Waals surface area contributed by atoms with Crippen molar-refractivity contribution in [2.45, 2.75) is 38.8 Å². The third kappa shape index (κ3) is 4.26. The standard InChI is InChI=1S/C15H22BrFN2/c1-3-19(13-5-6-13)9-8-18-11(2)12-4-7-15(17)14(16)10-12/h4,7,10-11,13,18H,3,5-6,8-9H2,1-2H3. The molecular weight excluding hydrogens is 307 g/mol. The van der Waals surface area contributed by atoms with E-state index in [2.05, 4.69) is 40.0 Å². The molecule has 0 amide bonds. The third-order valence-corrected chi connectivity index (χ3v) is 4.37. The molecule has 1 unspecified atom stereocenters. The van der Waals surface area contributed by atoms with Gasteiger partial charge in [-0.2, -0.15) is 0 Å². The van der Waals surface area contributed by atoms with E-state index < -0.39 is 0 Å². The van der Waals surface area contributed by atoms with Gasteiger partial charge >= 0.3 is 0 Å². The molecule has 106 valence electrons. The van der Waals surface area contributed by atoms with Crippen molar-refractivity contribution in [1.29, 1.82) is 0 Å². The molecule has 0 bridgehead atoms. The van der Waals surface area contributed by atoms with Crippen LogP contribution in [0.5, 0.6) is 0 Å². The molecule has 1 aliphatic rings. The summed E-state index contributed by atoms with van der Waals surface area (Å²) >= 11 is 3.23. The van der Waals surface area contributed by atoms with E-state index in [1.807, 2.05) is 12.1 Å². The summed E-state index contributed by atoms with van der Waals surface area (Å²) in [6.07, 6.45) is 2.71. The maximum Gasteiger partial charge on any atom is 0.137 e. The summed E-state index contributed by atoms with van der Waals surface area (Å²) in [7, 11) is 0. The number of likely N-dealkylation sites (N-methyl/N-ethyl adjacent to an activating group) is 1. The first-order valence-electron chi connectivity index (χ1n) is 7.04. The van der Waals surface area contributed by atoms with Crippen molar-refractivity contribution < 1.29 is 4.39 Å². The maximum atomic E-state index is 13.2. The van der Waals surface area contributed by atoms with Gasteiger partial charge in [-0.1, -0.05) is 13.0 Å². The second-order valence-electron chi connectivity index (χ2n) is 5.21. The number of hydrogen-bond donors (Lipinski definition) is 1. The predicted molar refractivity (Wildman–Crippen MR) is 80.8 cm³/mol. The van der Waals surface area contributed by atoms with Crippen LogP contribution < -0.4 is 5.32 Å². The second-order valence-corrected chi connectivity index (χ2v) is 6.06. The van der Waals surface area contributed by atoms with E-state index in [-0.39, 0.29) is 11.9 Å². The van der Waals surface area contributed by atoms with Crippen LogP contribution in [-0.2, 0) is 0 Å². The average molecular weight is 329 g/mol. The Morgan fingerprint density at radius 1 is 1.47 bits per heavy atom. The molecular formula is C15H22BrFN2. The molecule has 1 aliphatic carbocycles. The lowest BCUT2D eigenvalue weighted by molar-refractivity contribution is 0.273. The summed E-state index contributed by atoms with van der Waals surface area (Å²) in [5.74, 6) is -0.207. The number of nitrogens with zero attached hydrogens (tertiary/aromatic N) is 1. The van der Waals surface area contributed by atoms with Crippen LogP contribution in [0.25, 0.3) is 0 Å². The molecule has 1 atom stereocenters. The van der Waals surface area contributed by atoms with Crippen molar-refractivity contribution in [1.82, 2.24) is 10.2 Å². The van der Waals surface area contributed by atoms with E-state index in [9.17, 15) is 4.39 Å². The van der Waals surface area contributed by atoms with E-state index in [0.29, 0.717) is 4.47 Å². The summed E-state index contributed by atoms with van der Waals surface area (Å²) in [5, 5.41) is 3.51. The van der Waals surface area contributed by atoms with Crippen molar-refractivity contribution >= 4 is 15.9 Å². The molecule has 0 heterocycles. The quantitative estimate of drug-likeness (QED) is 0.820. The van der Waals surface area contributed by atoms with Crippen LogP contribution in [0.15, 0.2) is 22.7 Å². The van der Waals surface area contributed by atoms with Gasteiger partial charge < -0.3 is 5.32 Å². The first kappa shape index (κ1) is 14.9. The van der Waals surface area contributed by atoms with Gasteiger partial charge in [0.1, 0.15) is 5.82 Å². The molecule has 4 heteroatoms. The molecule has 1 aromatic carbocycles. The summed E-state index contributed by atoms with van der Waals surface area (Å²) in [6.45, 7) is 7.53. The normalized spacial score (nSPS) is 16.9. The number of rotatable bonds is 7. The number of nitrogens with one attached hydrogen (secondary N) is 1. The van der Waals surface area contributed by atoms with E-state index in [1.165, 1.54) is 18.9 Å². The monoisotopic (exact) mass is 328 g/mol. The molecule has 0 spiro atoms. The molecule has 1 fully saturated rings. The Hall–Kier alpha value is -0.450. The van der Waals surface area contributed by atoms with Crippen molar-refractivity contribution in [3.05, 3.63) is 34.1 Å². The van der Waals surface area contributed by atoms with Crippen LogP contribution in [0.1, 0.15) is 38.3 Å². The van der Waals surface area contributed by atoms with E-state index >= 15 is 0 Å². The highest BCUT2D eigenvalue weighted by molar-refractivity contribution is 9.10. The summed E-state index contributed by atoms with van der Waals surface area (Å²) in [4.78, 5) is 2.53. The van der Waals surface area contributed by atoms with Gasteiger partial charge in [-0.15, -0.1) is 0 Å². The maximum absolute atomic E-state index is 13.2. The molecule has 1 saturated carbocycles. The lowest BCUT2D eigenvalue weighted by Gasteiger charge is -2.22. The van der Waals surface area contributed by atoms with Gasteiger partial charge in [0.05, 0.1) is 4.47 Å². The molecule has 19 heavy (non-hydrogen) atoms. The fourth-order valence-electron chi connectivity index (χ4n) is 2.36. The Morgan fingerprint density at radius 3 is 2.79 bits per heavy atom. The van der Waals surface area contributed by atoms with Gasteiger partial charge in [0.25, 0.3) is 0 Å². The van der Waals surface area contributed by atoms with Crippen molar-refractivity contribution in [2.75, 3.05) is 19.6 Å². The third-order valence-electron chi connectivity index (χ3n) is 3.76. The number of halogens is 2. The highest BCUT2D eigenvalue weighted by Gasteiger charge is 2.27. The van der Waals surface area contributed by atoms with Crippen LogP contribution in [0.2, 0.25) is 0 Å². The van der Waals surface area contributed by atoms with Crippen molar-refractivity contribution in [3.63, 3.8) is 0 Å². The average Bonchev–Trinajstić information content (AvgIpc) is 3.22. The van der Waals surface area contributed by atoms with Crippen LogP contribution >= 0.6 is 15.9 Å². The van der Waals surface area contributed by atoms with Gasteiger partial charge in [0.15, 0.2) is 0 Å². The molecule has 1 N–H and O–H groups in total. The molecule has 0 aromatic heterocycles. The molecule has 0 aliphatic heterocycles. The van der Waals surface area contributed by atoms with Gasteiger partial charge in [-0.3, -0.25) is 4.90 Å². The van der Waals surface area contributed by atoms with Gasteiger partial charge in [0, 0.05) is 25.2 Å². The topological polar surface area (TPSA) is 15.3 Å². The predicted octanol–water partition coefficient (Wildman–Crippen LogP) is 3.72. The Labute approximate surface area is 123 Å². The van der Waals surface area contributed by atoms with Crippen molar-refractivity contribution in [3.8, 4) is 0 Å². The number of benzene rings is 1. The SMILES string of the molecule is CCN(CCNC(C)c1ccc(F)c(Br)c1)C1CC1. The Balaban J connectivity index is 1.79. The fraction of sp³-hybridized carbons (Fsp3) is 0.600. The van der Waals surface area contributed by atoms with E-state index in [1.54, 1.807) is 0 Å². The first-order valence-corrected chi connectivity index (χ1v) is 7.83. The van der Waals surface area contributed by atoms with Crippen LogP contribution in [0.4, 0.5) is 4.39 Å².